The van der Waals surface area contributed by atoms with E-state index in [4.69, 9.17) is 9.47 Å². The van der Waals surface area contributed by atoms with Crippen LogP contribution >= 0.6 is 11.8 Å². The summed E-state index contributed by atoms with van der Waals surface area (Å²) in [6.07, 6.45) is 0. The maximum Gasteiger partial charge on any atom is 0.234 e. The van der Waals surface area contributed by atoms with Gasteiger partial charge in [0.1, 0.15) is 0 Å². The summed E-state index contributed by atoms with van der Waals surface area (Å²) in [6, 6.07) is 25.1. The highest BCUT2D eigenvalue weighted by Gasteiger charge is 2.17. The summed E-state index contributed by atoms with van der Waals surface area (Å²) < 4.78 is 13.2. The lowest BCUT2D eigenvalue weighted by Gasteiger charge is -2.13. The fraction of sp³-hybridized carbons (Fsp3) is 0.192. The molecule has 0 bridgehead atoms. The molecule has 34 heavy (non-hydrogen) atoms. The van der Waals surface area contributed by atoms with E-state index in [0.29, 0.717) is 35.6 Å². The Morgan fingerprint density at radius 1 is 0.882 bits per heavy atom. The van der Waals surface area contributed by atoms with Crippen LogP contribution in [-0.4, -0.2) is 39.6 Å². The van der Waals surface area contributed by atoms with Gasteiger partial charge >= 0.3 is 0 Å². The number of nitrogens with zero attached hydrogens (tertiary/aromatic N) is 3. The number of aromatic nitrogens is 3. The highest BCUT2D eigenvalue weighted by Crippen LogP contribution is 2.31. The van der Waals surface area contributed by atoms with Crippen molar-refractivity contribution in [1.82, 2.24) is 14.8 Å². The van der Waals surface area contributed by atoms with Gasteiger partial charge in [-0.3, -0.25) is 9.36 Å². The summed E-state index contributed by atoms with van der Waals surface area (Å²) in [5, 5.41) is 12.4. The van der Waals surface area contributed by atoms with Gasteiger partial charge in [0.2, 0.25) is 5.91 Å². The number of hydrogen-bond acceptors (Lipinski definition) is 6. The monoisotopic (exact) mass is 474 g/mol. The maximum absolute atomic E-state index is 12.7. The highest BCUT2D eigenvalue weighted by molar-refractivity contribution is 7.99. The van der Waals surface area contributed by atoms with Crippen LogP contribution in [-0.2, 0) is 4.79 Å². The molecule has 0 fully saturated rings. The average molecular weight is 475 g/mol. The molecule has 1 amide bonds. The van der Waals surface area contributed by atoms with Gasteiger partial charge in [-0.1, -0.05) is 60.3 Å². The van der Waals surface area contributed by atoms with Gasteiger partial charge in [0.15, 0.2) is 22.5 Å². The van der Waals surface area contributed by atoms with Gasteiger partial charge in [0, 0.05) is 23.0 Å². The molecule has 0 saturated carbocycles. The number of thioether (sulfide) groups is 1. The van der Waals surface area contributed by atoms with Gasteiger partial charge in [0.05, 0.1) is 19.0 Å². The second-order valence-electron chi connectivity index (χ2n) is 7.21. The van der Waals surface area contributed by atoms with Crippen molar-refractivity contribution in [2.45, 2.75) is 19.0 Å². The highest BCUT2D eigenvalue weighted by atomic mass is 32.2. The second-order valence-corrected chi connectivity index (χ2v) is 8.15. The topological polar surface area (TPSA) is 78.3 Å². The van der Waals surface area contributed by atoms with Crippen LogP contribution in [0.2, 0.25) is 0 Å². The molecular formula is C26H26N4O3S. The Hall–Kier alpha value is -3.78. The van der Waals surface area contributed by atoms with Crippen molar-refractivity contribution in [2.24, 2.45) is 0 Å². The lowest BCUT2D eigenvalue weighted by atomic mass is 10.2. The summed E-state index contributed by atoms with van der Waals surface area (Å²) in [5.74, 6) is 2.01. The van der Waals surface area contributed by atoms with Gasteiger partial charge in [0.25, 0.3) is 0 Å². The molecule has 1 aromatic heterocycles. The Morgan fingerprint density at radius 3 is 2.26 bits per heavy atom. The maximum atomic E-state index is 12.7. The van der Waals surface area contributed by atoms with Crippen LogP contribution in [0.3, 0.4) is 0 Å². The molecule has 0 aliphatic carbocycles. The van der Waals surface area contributed by atoms with E-state index in [9.17, 15) is 4.79 Å². The van der Waals surface area contributed by atoms with Crippen LogP contribution in [0, 0.1) is 0 Å². The normalized spacial score (nSPS) is 10.6. The Morgan fingerprint density at radius 2 is 1.56 bits per heavy atom. The molecular weight excluding hydrogens is 448 g/mol. The Labute approximate surface area is 203 Å². The summed E-state index contributed by atoms with van der Waals surface area (Å²) in [5.41, 5.74) is 2.53. The minimum absolute atomic E-state index is 0.152. The molecule has 174 valence electrons. The van der Waals surface area contributed by atoms with Crippen molar-refractivity contribution in [3.05, 3.63) is 78.9 Å². The molecule has 0 aliphatic rings. The lowest BCUT2D eigenvalue weighted by molar-refractivity contribution is -0.113. The zero-order valence-corrected chi connectivity index (χ0v) is 19.9. The van der Waals surface area contributed by atoms with Gasteiger partial charge < -0.3 is 14.8 Å². The number of rotatable bonds is 10. The zero-order chi connectivity index (χ0) is 23.8. The van der Waals surface area contributed by atoms with E-state index in [1.54, 1.807) is 18.2 Å². The van der Waals surface area contributed by atoms with Crippen LogP contribution < -0.4 is 14.8 Å². The minimum Gasteiger partial charge on any atom is -0.490 e. The van der Waals surface area contributed by atoms with Crippen LogP contribution in [0.5, 0.6) is 11.5 Å². The smallest absolute Gasteiger partial charge is 0.234 e. The molecule has 1 N–H and O–H groups in total. The van der Waals surface area contributed by atoms with Gasteiger partial charge in [-0.2, -0.15) is 0 Å². The van der Waals surface area contributed by atoms with E-state index < -0.39 is 0 Å². The number of nitrogens with one attached hydrogen (secondary N) is 1. The Bertz CT molecular complexity index is 1230. The SMILES string of the molecule is CCOc1ccc(NC(=O)CSc2nnc(-c3ccccc3)n2-c2ccccc2)cc1OCC. The molecule has 1 heterocycles. The fourth-order valence-corrected chi connectivity index (χ4v) is 4.16. The number of anilines is 1. The van der Waals surface area contributed by atoms with Crippen LogP contribution in [0.4, 0.5) is 5.69 Å². The molecule has 0 spiro atoms. The van der Waals surface area contributed by atoms with E-state index in [-0.39, 0.29) is 11.7 Å². The third-order valence-electron chi connectivity index (χ3n) is 4.84. The first-order valence-electron chi connectivity index (χ1n) is 11.1. The van der Waals surface area contributed by atoms with Crippen LogP contribution in [0.1, 0.15) is 13.8 Å². The molecule has 0 aliphatic heterocycles. The van der Waals surface area contributed by atoms with Crippen molar-refractivity contribution in [3.63, 3.8) is 0 Å². The lowest BCUT2D eigenvalue weighted by Crippen LogP contribution is -2.15. The van der Waals surface area contributed by atoms with Crippen molar-refractivity contribution < 1.29 is 14.3 Å². The van der Waals surface area contributed by atoms with E-state index >= 15 is 0 Å². The summed E-state index contributed by atoms with van der Waals surface area (Å²) in [4.78, 5) is 12.7. The number of benzene rings is 3. The van der Waals surface area contributed by atoms with Crippen molar-refractivity contribution in [2.75, 3.05) is 24.3 Å². The summed E-state index contributed by atoms with van der Waals surface area (Å²) in [7, 11) is 0. The summed E-state index contributed by atoms with van der Waals surface area (Å²) in [6.45, 7) is 4.87. The molecule has 4 aromatic rings. The zero-order valence-electron chi connectivity index (χ0n) is 19.1. The summed E-state index contributed by atoms with van der Waals surface area (Å²) >= 11 is 1.33. The molecule has 3 aromatic carbocycles. The van der Waals surface area contributed by atoms with Crippen LogP contribution in [0.25, 0.3) is 17.1 Å². The standard InChI is InChI=1S/C26H26N4O3S/c1-3-32-22-16-15-20(17-23(22)33-4-2)27-24(31)18-34-26-29-28-25(19-11-7-5-8-12-19)30(26)21-13-9-6-10-14-21/h5-17H,3-4,18H2,1-2H3,(H,27,31). The number of hydrogen-bond donors (Lipinski definition) is 1. The predicted molar refractivity (Wildman–Crippen MR) is 135 cm³/mol. The molecule has 0 radical (unpaired) electrons. The molecule has 0 unspecified atom stereocenters. The molecule has 4 rings (SSSR count). The van der Waals surface area contributed by atoms with Gasteiger partial charge in [-0.25, -0.2) is 0 Å². The van der Waals surface area contributed by atoms with Crippen molar-refractivity contribution >= 4 is 23.4 Å². The van der Waals surface area contributed by atoms with Crippen molar-refractivity contribution in [1.29, 1.82) is 0 Å². The van der Waals surface area contributed by atoms with E-state index in [1.807, 2.05) is 79.1 Å². The van der Waals surface area contributed by atoms with E-state index in [1.165, 1.54) is 11.8 Å². The number of ether oxygens (including phenoxy) is 2. The fourth-order valence-electron chi connectivity index (χ4n) is 3.40. The van der Waals surface area contributed by atoms with E-state index in [2.05, 4.69) is 15.5 Å². The Balaban J connectivity index is 1.51. The molecule has 7 nitrogen and oxygen atoms in total. The predicted octanol–water partition coefficient (Wildman–Crippen LogP) is 5.46. The number of carbonyl (C=O) groups excluding carboxylic acids is 1. The first kappa shape index (κ1) is 23.4. The first-order valence-corrected chi connectivity index (χ1v) is 12.1. The van der Waals surface area contributed by atoms with Gasteiger partial charge in [-0.15, -0.1) is 10.2 Å². The number of amides is 1. The van der Waals surface area contributed by atoms with Crippen molar-refractivity contribution in [3.8, 4) is 28.6 Å². The second kappa shape index (κ2) is 11.4. The number of para-hydroxylation sites is 1. The first-order chi connectivity index (χ1) is 16.7. The molecule has 0 atom stereocenters. The quantitative estimate of drug-likeness (QED) is 0.308. The third kappa shape index (κ3) is 5.58. The van der Waals surface area contributed by atoms with Gasteiger partial charge in [-0.05, 0) is 38.1 Å². The Kier molecular flexibility index (Phi) is 7.83. The minimum atomic E-state index is -0.152. The van der Waals surface area contributed by atoms with Crippen LogP contribution in [0.15, 0.2) is 84.0 Å². The third-order valence-corrected chi connectivity index (χ3v) is 5.77. The largest absolute Gasteiger partial charge is 0.490 e. The molecule has 8 heteroatoms. The van der Waals surface area contributed by atoms with E-state index in [0.717, 1.165) is 17.1 Å². The molecule has 0 saturated heterocycles. The number of carbonyl (C=O) groups is 1. The average Bonchev–Trinajstić information content (AvgIpc) is 3.30.